The summed E-state index contributed by atoms with van der Waals surface area (Å²) in [7, 11) is 1.88. The summed E-state index contributed by atoms with van der Waals surface area (Å²) in [5.41, 5.74) is 9.99. The van der Waals surface area contributed by atoms with E-state index in [1.54, 1.807) is 4.68 Å². The standard InChI is InChI=1S/C18H23N5O/c1-11-15(10-23(4)22-11)16-7-13(14(9-19)17(20)21-16)12-5-6-24-18(2,3)8-12/h7,10,12H,5-6,8H2,1-4H3,(H2,20,21)/t12-/m0/s1. The number of ether oxygens (including phenoxy) is 1. The molecule has 6 nitrogen and oxygen atoms in total. The molecule has 0 aromatic carbocycles. The summed E-state index contributed by atoms with van der Waals surface area (Å²) < 4.78 is 7.58. The van der Waals surface area contributed by atoms with Crippen molar-refractivity contribution in [3.63, 3.8) is 0 Å². The molecular weight excluding hydrogens is 302 g/mol. The van der Waals surface area contributed by atoms with Gasteiger partial charge in [-0.3, -0.25) is 4.68 Å². The lowest BCUT2D eigenvalue weighted by atomic mass is 9.81. The Balaban J connectivity index is 2.11. The number of rotatable bonds is 2. The quantitative estimate of drug-likeness (QED) is 0.917. The maximum Gasteiger partial charge on any atom is 0.142 e. The van der Waals surface area contributed by atoms with Crippen molar-refractivity contribution in [2.45, 2.75) is 45.1 Å². The van der Waals surface area contributed by atoms with E-state index in [-0.39, 0.29) is 17.3 Å². The molecule has 1 aliphatic heterocycles. The summed E-state index contributed by atoms with van der Waals surface area (Å²) in [6, 6.07) is 4.24. The molecule has 0 saturated carbocycles. The van der Waals surface area contributed by atoms with Gasteiger partial charge in [0.25, 0.3) is 0 Å². The highest BCUT2D eigenvalue weighted by atomic mass is 16.5. The first-order valence-corrected chi connectivity index (χ1v) is 8.16. The zero-order valence-corrected chi connectivity index (χ0v) is 14.6. The molecule has 1 aliphatic rings. The smallest absolute Gasteiger partial charge is 0.142 e. The number of nitrogens with two attached hydrogens (primary N) is 1. The highest BCUT2D eigenvalue weighted by molar-refractivity contribution is 5.68. The van der Waals surface area contributed by atoms with Crippen LogP contribution in [0.3, 0.4) is 0 Å². The molecule has 1 fully saturated rings. The van der Waals surface area contributed by atoms with Crippen molar-refractivity contribution in [1.82, 2.24) is 14.8 Å². The third-order valence-corrected chi connectivity index (χ3v) is 4.62. The second-order valence-corrected chi connectivity index (χ2v) is 7.07. The Bertz CT molecular complexity index is 816. The molecule has 1 saturated heterocycles. The van der Waals surface area contributed by atoms with E-state index in [4.69, 9.17) is 10.5 Å². The van der Waals surface area contributed by atoms with Crippen LogP contribution in [0.15, 0.2) is 12.3 Å². The molecular formula is C18H23N5O. The van der Waals surface area contributed by atoms with Gasteiger partial charge < -0.3 is 10.5 Å². The van der Waals surface area contributed by atoms with E-state index in [1.807, 2.05) is 26.2 Å². The number of nitriles is 1. The summed E-state index contributed by atoms with van der Waals surface area (Å²) >= 11 is 0. The van der Waals surface area contributed by atoms with Crippen LogP contribution in [0.25, 0.3) is 11.3 Å². The minimum absolute atomic E-state index is 0.196. The Labute approximate surface area is 142 Å². The fourth-order valence-corrected chi connectivity index (χ4v) is 3.52. The topological polar surface area (TPSA) is 89.8 Å². The average Bonchev–Trinajstić information content (AvgIpc) is 2.84. The number of hydrogen-bond donors (Lipinski definition) is 1. The lowest BCUT2D eigenvalue weighted by molar-refractivity contribution is -0.0593. The van der Waals surface area contributed by atoms with Crippen molar-refractivity contribution >= 4 is 5.82 Å². The normalized spacial score (nSPS) is 19.9. The molecule has 2 N–H and O–H groups in total. The first-order chi connectivity index (χ1) is 11.3. The van der Waals surface area contributed by atoms with Gasteiger partial charge in [-0.05, 0) is 51.2 Å². The largest absolute Gasteiger partial charge is 0.383 e. The third kappa shape index (κ3) is 3.00. The molecule has 0 aliphatic carbocycles. The average molecular weight is 325 g/mol. The summed E-state index contributed by atoms with van der Waals surface area (Å²) in [5.74, 6) is 0.530. The van der Waals surface area contributed by atoms with E-state index < -0.39 is 0 Å². The molecule has 0 spiro atoms. The second kappa shape index (κ2) is 5.91. The Hall–Kier alpha value is -2.39. The first kappa shape index (κ1) is 16.5. The second-order valence-electron chi connectivity index (χ2n) is 7.07. The zero-order valence-electron chi connectivity index (χ0n) is 14.6. The number of pyridine rings is 1. The molecule has 0 unspecified atom stereocenters. The molecule has 24 heavy (non-hydrogen) atoms. The van der Waals surface area contributed by atoms with E-state index in [2.05, 4.69) is 30.0 Å². The van der Waals surface area contributed by atoms with E-state index in [0.29, 0.717) is 12.2 Å². The Kier molecular flexibility index (Phi) is 4.06. The minimum Gasteiger partial charge on any atom is -0.383 e. The Morgan fingerprint density at radius 3 is 2.79 bits per heavy atom. The molecule has 0 amide bonds. The summed E-state index contributed by atoms with van der Waals surface area (Å²) in [6.45, 7) is 6.80. The summed E-state index contributed by atoms with van der Waals surface area (Å²) in [5, 5.41) is 13.9. The lowest BCUT2D eigenvalue weighted by Crippen LogP contribution is -2.33. The third-order valence-electron chi connectivity index (χ3n) is 4.62. The van der Waals surface area contributed by atoms with Crippen LogP contribution in [0.1, 0.15) is 49.4 Å². The van der Waals surface area contributed by atoms with Crippen LogP contribution in [0.4, 0.5) is 5.82 Å². The fourth-order valence-electron chi connectivity index (χ4n) is 3.52. The zero-order chi connectivity index (χ0) is 17.5. The van der Waals surface area contributed by atoms with E-state index in [9.17, 15) is 5.26 Å². The van der Waals surface area contributed by atoms with Gasteiger partial charge in [0.15, 0.2) is 0 Å². The van der Waals surface area contributed by atoms with Gasteiger partial charge in [-0.25, -0.2) is 4.98 Å². The van der Waals surface area contributed by atoms with Crippen LogP contribution in [0, 0.1) is 18.3 Å². The molecule has 2 aromatic rings. The molecule has 2 aromatic heterocycles. The Morgan fingerprint density at radius 1 is 1.46 bits per heavy atom. The molecule has 126 valence electrons. The van der Waals surface area contributed by atoms with Crippen LogP contribution in [-0.4, -0.2) is 27.0 Å². The number of aromatic nitrogens is 3. The number of anilines is 1. The molecule has 3 rings (SSSR count). The summed E-state index contributed by atoms with van der Waals surface area (Å²) in [6.07, 6.45) is 3.67. The van der Waals surface area contributed by atoms with Crippen molar-refractivity contribution < 1.29 is 4.74 Å². The minimum atomic E-state index is -0.196. The van der Waals surface area contributed by atoms with Gasteiger partial charge in [-0.2, -0.15) is 10.4 Å². The fraction of sp³-hybridized carbons (Fsp3) is 0.500. The van der Waals surface area contributed by atoms with Crippen molar-refractivity contribution in [2.24, 2.45) is 7.05 Å². The van der Waals surface area contributed by atoms with Crippen LogP contribution >= 0.6 is 0 Å². The number of nitrogens with zero attached hydrogens (tertiary/aromatic N) is 4. The van der Waals surface area contributed by atoms with Gasteiger partial charge in [-0.15, -0.1) is 0 Å². The lowest BCUT2D eigenvalue weighted by Gasteiger charge is -2.36. The summed E-state index contributed by atoms with van der Waals surface area (Å²) in [4.78, 5) is 4.45. The van der Waals surface area contributed by atoms with Crippen molar-refractivity contribution in [1.29, 1.82) is 5.26 Å². The highest BCUT2D eigenvalue weighted by Crippen LogP contribution is 2.39. The SMILES string of the molecule is Cc1nn(C)cc1-c1cc([C@H]2CCOC(C)(C)C2)c(C#N)c(N)n1. The van der Waals surface area contributed by atoms with Crippen LogP contribution in [0.5, 0.6) is 0 Å². The van der Waals surface area contributed by atoms with Crippen LogP contribution in [0.2, 0.25) is 0 Å². The maximum absolute atomic E-state index is 9.56. The number of nitrogen functional groups attached to an aromatic ring is 1. The van der Waals surface area contributed by atoms with Gasteiger partial charge in [-0.1, -0.05) is 0 Å². The molecule has 6 heteroatoms. The van der Waals surface area contributed by atoms with Gasteiger partial charge in [0.1, 0.15) is 11.9 Å². The van der Waals surface area contributed by atoms with Gasteiger partial charge in [0, 0.05) is 25.4 Å². The Morgan fingerprint density at radius 2 is 2.21 bits per heavy atom. The molecule has 0 radical (unpaired) electrons. The van der Waals surface area contributed by atoms with Crippen molar-refractivity contribution in [3.05, 3.63) is 29.1 Å². The highest BCUT2D eigenvalue weighted by Gasteiger charge is 2.32. The van der Waals surface area contributed by atoms with Crippen molar-refractivity contribution in [3.8, 4) is 17.3 Å². The van der Waals surface area contributed by atoms with E-state index in [0.717, 1.165) is 35.4 Å². The van der Waals surface area contributed by atoms with Crippen LogP contribution in [-0.2, 0) is 11.8 Å². The molecule has 0 bridgehead atoms. The monoisotopic (exact) mass is 325 g/mol. The van der Waals surface area contributed by atoms with E-state index in [1.165, 1.54) is 0 Å². The predicted molar refractivity (Wildman–Crippen MR) is 92.3 cm³/mol. The predicted octanol–water partition coefficient (Wildman–Crippen LogP) is 2.92. The van der Waals surface area contributed by atoms with Gasteiger partial charge >= 0.3 is 0 Å². The van der Waals surface area contributed by atoms with Crippen LogP contribution < -0.4 is 5.73 Å². The number of aryl methyl sites for hydroxylation is 2. The van der Waals surface area contributed by atoms with E-state index >= 15 is 0 Å². The molecule has 3 heterocycles. The van der Waals surface area contributed by atoms with Gasteiger partial charge in [0.2, 0.25) is 0 Å². The maximum atomic E-state index is 9.56. The first-order valence-electron chi connectivity index (χ1n) is 8.16. The van der Waals surface area contributed by atoms with Gasteiger partial charge in [0.05, 0.1) is 22.6 Å². The molecule has 1 atom stereocenters. The number of hydrogen-bond acceptors (Lipinski definition) is 5. The van der Waals surface area contributed by atoms with Crippen molar-refractivity contribution in [2.75, 3.05) is 12.3 Å².